The second-order valence-corrected chi connectivity index (χ2v) is 7.00. The summed E-state index contributed by atoms with van der Waals surface area (Å²) in [6.45, 7) is 5.54. The number of rotatable bonds is 3. The van der Waals surface area contributed by atoms with Crippen molar-refractivity contribution >= 4 is 17.7 Å². The van der Waals surface area contributed by atoms with Gasteiger partial charge in [0.2, 0.25) is 0 Å². The minimum Gasteiger partial charge on any atom is -0.504 e. The van der Waals surface area contributed by atoms with Crippen LogP contribution in [0.15, 0.2) is 18.2 Å². The number of carbonyl (C=O) groups excluding carboxylic acids is 1. The highest BCUT2D eigenvalue weighted by Crippen LogP contribution is 2.41. The number of hydrogen-bond donors (Lipinski definition) is 2. The molecule has 0 aliphatic carbocycles. The van der Waals surface area contributed by atoms with Gasteiger partial charge in [0.1, 0.15) is 11.6 Å². The maximum absolute atomic E-state index is 12.1. The van der Waals surface area contributed by atoms with Gasteiger partial charge in [-0.2, -0.15) is 0 Å². The van der Waals surface area contributed by atoms with Crippen LogP contribution in [-0.4, -0.2) is 35.6 Å². The largest absolute Gasteiger partial charge is 0.504 e. The monoisotopic (exact) mass is 311 g/mol. The van der Waals surface area contributed by atoms with Crippen molar-refractivity contribution in [3.63, 3.8) is 0 Å². The van der Waals surface area contributed by atoms with Gasteiger partial charge in [-0.15, -0.1) is 11.8 Å². The number of phenols is 1. The number of phenolic OH excluding ortho intramolecular Hbond substituents is 1. The molecule has 0 aromatic heterocycles. The fourth-order valence-corrected chi connectivity index (χ4v) is 3.32. The molecule has 0 spiro atoms. The summed E-state index contributed by atoms with van der Waals surface area (Å²) in [5, 5.41) is 13.2. The molecule has 5 nitrogen and oxygen atoms in total. The Morgan fingerprint density at radius 2 is 2.14 bits per heavy atom. The van der Waals surface area contributed by atoms with Gasteiger partial charge in [-0.25, -0.2) is 0 Å². The van der Waals surface area contributed by atoms with Gasteiger partial charge in [-0.3, -0.25) is 10.1 Å². The van der Waals surface area contributed by atoms with Crippen LogP contribution >= 0.6 is 11.8 Å². The molecule has 1 aliphatic rings. The Kier molecular flexibility index (Phi) is 4.68. The van der Waals surface area contributed by atoms with Gasteiger partial charge in [-0.05, 0) is 26.8 Å². The second kappa shape index (κ2) is 6.15. The maximum Gasteiger partial charge on any atom is 0.324 e. The Labute approximate surface area is 129 Å². The predicted molar refractivity (Wildman–Crippen MR) is 82.6 cm³/mol. The Balaban J connectivity index is 2.08. The number of nitrogens with one attached hydrogen (secondary N) is 1. The third-order valence-corrected chi connectivity index (χ3v) is 4.26. The van der Waals surface area contributed by atoms with Crippen molar-refractivity contribution < 1.29 is 19.4 Å². The summed E-state index contributed by atoms with van der Waals surface area (Å²) in [7, 11) is 1.51. The van der Waals surface area contributed by atoms with Crippen LogP contribution in [0.4, 0.5) is 0 Å². The van der Waals surface area contributed by atoms with Gasteiger partial charge in [0.25, 0.3) is 0 Å². The lowest BCUT2D eigenvalue weighted by atomic mass is 10.1. The molecule has 1 fully saturated rings. The van der Waals surface area contributed by atoms with Gasteiger partial charge in [0.05, 0.1) is 12.5 Å². The molecule has 2 N–H and O–H groups in total. The molecule has 1 aromatic carbocycles. The quantitative estimate of drug-likeness (QED) is 0.836. The van der Waals surface area contributed by atoms with E-state index in [9.17, 15) is 9.90 Å². The molecule has 1 unspecified atom stereocenters. The van der Waals surface area contributed by atoms with Crippen molar-refractivity contribution in [1.29, 1.82) is 0 Å². The summed E-state index contributed by atoms with van der Waals surface area (Å²) in [6, 6.07) is 4.96. The van der Waals surface area contributed by atoms with E-state index in [4.69, 9.17) is 9.47 Å². The SMILES string of the molecule is COc1cccc(C2N[C@@H](C(=O)OC(C)(C)C)CS2)c1O. The number of carbonyl (C=O) groups is 1. The summed E-state index contributed by atoms with van der Waals surface area (Å²) in [5.41, 5.74) is 0.213. The number of aromatic hydroxyl groups is 1. The first kappa shape index (κ1) is 16.0. The smallest absolute Gasteiger partial charge is 0.324 e. The third-order valence-electron chi connectivity index (χ3n) is 3.01. The zero-order valence-corrected chi connectivity index (χ0v) is 13.5. The average Bonchev–Trinajstić information content (AvgIpc) is 2.86. The number of benzene rings is 1. The van der Waals surface area contributed by atoms with Crippen molar-refractivity contribution in [3.05, 3.63) is 23.8 Å². The zero-order chi connectivity index (χ0) is 15.6. The Bertz CT molecular complexity index is 527. The molecule has 2 atom stereocenters. The normalized spacial score (nSPS) is 22.1. The van der Waals surface area contributed by atoms with E-state index in [0.717, 1.165) is 0 Å². The van der Waals surface area contributed by atoms with E-state index in [-0.39, 0.29) is 23.1 Å². The van der Waals surface area contributed by atoms with E-state index in [1.807, 2.05) is 32.9 Å². The van der Waals surface area contributed by atoms with E-state index in [1.54, 1.807) is 17.8 Å². The van der Waals surface area contributed by atoms with Crippen LogP contribution in [0, 0.1) is 0 Å². The summed E-state index contributed by atoms with van der Waals surface area (Å²) in [6.07, 6.45) is 0. The van der Waals surface area contributed by atoms with Crippen LogP contribution in [0.2, 0.25) is 0 Å². The van der Waals surface area contributed by atoms with E-state index < -0.39 is 5.60 Å². The molecule has 21 heavy (non-hydrogen) atoms. The van der Waals surface area contributed by atoms with Gasteiger partial charge >= 0.3 is 5.97 Å². The Morgan fingerprint density at radius 1 is 1.43 bits per heavy atom. The van der Waals surface area contributed by atoms with Crippen LogP contribution in [0.1, 0.15) is 31.7 Å². The summed E-state index contributed by atoms with van der Waals surface area (Å²) in [4.78, 5) is 12.1. The molecule has 1 saturated heterocycles. The number of para-hydroxylation sites is 1. The van der Waals surface area contributed by atoms with Crippen molar-refractivity contribution in [2.24, 2.45) is 0 Å². The molecule has 2 rings (SSSR count). The van der Waals surface area contributed by atoms with Crippen LogP contribution in [0.3, 0.4) is 0 Å². The van der Waals surface area contributed by atoms with Gasteiger partial charge in [-0.1, -0.05) is 12.1 Å². The second-order valence-electron chi connectivity index (χ2n) is 5.86. The van der Waals surface area contributed by atoms with E-state index in [2.05, 4.69) is 5.32 Å². The van der Waals surface area contributed by atoms with Gasteiger partial charge in [0.15, 0.2) is 11.5 Å². The molecule has 0 radical (unpaired) electrons. The van der Waals surface area contributed by atoms with Crippen molar-refractivity contribution in [1.82, 2.24) is 5.32 Å². The summed E-state index contributed by atoms with van der Waals surface area (Å²) in [5.74, 6) is 0.876. The highest BCUT2D eigenvalue weighted by Gasteiger charge is 2.34. The number of hydrogen-bond acceptors (Lipinski definition) is 6. The Hall–Kier alpha value is -1.40. The molecule has 0 saturated carbocycles. The van der Waals surface area contributed by atoms with Crippen LogP contribution in [0.25, 0.3) is 0 Å². The van der Waals surface area contributed by atoms with Gasteiger partial charge < -0.3 is 14.6 Å². The molecule has 1 heterocycles. The topological polar surface area (TPSA) is 67.8 Å². The summed E-state index contributed by atoms with van der Waals surface area (Å²) < 4.78 is 10.5. The van der Waals surface area contributed by atoms with Crippen LogP contribution in [0.5, 0.6) is 11.5 Å². The van der Waals surface area contributed by atoms with Gasteiger partial charge in [0, 0.05) is 11.3 Å². The standard InChI is InChI=1S/C15H21NO4S/c1-15(2,3)20-14(18)10-8-21-13(16-10)9-6-5-7-11(19-4)12(9)17/h5-7,10,13,16-17H,8H2,1-4H3/t10-,13?/m1/s1. The summed E-state index contributed by atoms with van der Waals surface area (Å²) >= 11 is 1.56. The molecule has 0 amide bonds. The highest BCUT2D eigenvalue weighted by atomic mass is 32.2. The predicted octanol–water partition coefficient (Wildman–Crippen LogP) is 2.45. The molecule has 1 aromatic rings. The average molecular weight is 311 g/mol. The maximum atomic E-state index is 12.1. The number of methoxy groups -OCH3 is 1. The molecular weight excluding hydrogens is 290 g/mol. The lowest BCUT2D eigenvalue weighted by molar-refractivity contribution is -0.156. The first-order valence-electron chi connectivity index (χ1n) is 6.78. The highest BCUT2D eigenvalue weighted by molar-refractivity contribution is 7.99. The minimum absolute atomic E-state index is 0.106. The first-order valence-corrected chi connectivity index (χ1v) is 7.83. The van der Waals surface area contributed by atoms with E-state index in [1.165, 1.54) is 7.11 Å². The lowest BCUT2D eigenvalue weighted by Crippen LogP contribution is -2.39. The van der Waals surface area contributed by atoms with Crippen molar-refractivity contribution in [2.45, 2.75) is 37.8 Å². The number of ether oxygens (including phenoxy) is 2. The third kappa shape index (κ3) is 3.83. The fourth-order valence-electron chi connectivity index (χ4n) is 2.08. The first-order chi connectivity index (χ1) is 9.81. The molecule has 116 valence electrons. The molecule has 6 heteroatoms. The fraction of sp³-hybridized carbons (Fsp3) is 0.533. The number of thioether (sulfide) groups is 1. The molecular formula is C15H21NO4S. The zero-order valence-electron chi connectivity index (χ0n) is 12.7. The van der Waals surface area contributed by atoms with Crippen molar-refractivity contribution in [2.75, 3.05) is 12.9 Å². The molecule has 0 bridgehead atoms. The van der Waals surface area contributed by atoms with Crippen LogP contribution < -0.4 is 10.1 Å². The van der Waals surface area contributed by atoms with Crippen molar-refractivity contribution in [3.8, 4) is 11.5 Å². The van der Waals surface area contributed by atoms with E-state index >= 15 is 0 Å². The van der Waals surface area contributed by atoms with Crippen LogP contribution in [-0.2, 0) is 9.53 Å². The minimum atomic E-state index is -0.500. The lowest BCUT2D eigenvalue weighted by Gasteiger charge is -2.22. The van der Waals surface area contributed by atoms with E-state index in [0.29, 0.717) is 17.1 Å². The Morgan fingerprint density at radius 3 is 2.76 bits per heavy atom. The molecule has 1 aliphatic heterocycles. The number of esters is 1.